The van der Waals surface area contributed by atoms with Crippen LogP contribution in [0.15, 0.2) is 53.4 Å². The van der Waals surface area contributed by atoms with Gasteiger partial charge in [-0.2, -0.15) is 0 Å². The molecule has 0 radical (unpaired) electrons. The summed E-state index contributed by atoms with van der Waals surface area (Å²) in [5, 5.41) is 0. The highest BCUT2D eigenvalue weighted by Gasteiger charge is 2.18. The number of sulfonamides is 1. The first kappa shape index (κ1) is 15.9. The molecular formula is C14H12INO4S. The second-order valence-corrected chi connectivity index (χ2v) is 7.14. The molecule has 2 aromatic carbocycles. The van der Waals surface area contributed by atoms with Crippen molar-refractivity contribution in [2.75, 3.05) is 0 Å². The van der Waals surface area contributed by atoms with Gasteiger partial charge in [-0.1, -0.05) is 18.2 Å². The van der Waals surface area contributed by atoms with Crippen LogP contribution >= 0.6 is 22.6 Å². The molecule has 2 rings (SSSR count). The molecule has 5 nitrogen and oxygen atoms in total. The van der Waals surface area contributed by atoms with Gasteiger partial charge < -0.3 is 4.84 Å². The summed E-state index contributed by atoms with van der Waals surface area (Å²) in [6.45, 7) is 1.74. The van der Waals surface area contributed by atoms with Crippen molar-refractivity contribution in [3.8, 4) is 0 Å². The second-order valence-electron chi connectivity index (χ2n) is 4.25. The van der Waals surface area contributed by atoms with Crippen molar-refractivity contribution in [2.24, 2.45) is 0 Å². The minimum atomic E-state index is -3.89. The molecule has 0 saturated carbocycles. The van der Waals surface area contributed by atoms with Gasteiger partial charge in [0.05, 0.1) is 10.5 Å². The van der Waals surface area contributed by atoms with E-state index in [-0.39, 0.29) is 4.90 Å². The molecule has 0 heterocycles. The standard InChI is InChI=1S/C14H12INO4S/c1-10-4-2-3-5-13(10)14(17)20-16-21(18,19)12-8-6-11(15)7-9-12/h2-9,16H,1H3. The van der Waals surface area contributed by atoms with Gasteiger partial charge in [-0.25, -0.2) is 13.2 Å². The molecule has 110 valence electrons. The third kappa shape index (κ3) is 4.02. The molecule has 0 aromatic heterocycles. The molecule has 0 fully saturated rings. The van der Waals surface area contributed by atoms with Crippen molar-refractivity contribution < 1.29 is 18.0 Å². The van der Waals surface area contributed by atoms with Crippen LogP contribution in [0.1, 0.15) is 15.9 Å². The lowest BCUT2D eigenvalue weighted by Crippen LogP contribution is -2.27. The number of carbonyl (C=O) groups is 1. The summed E-state index contributed by atoms with van der Waals surface area (Å²) in [5.41, 5.74) is 1.01. The molecule has 21 heavy (non-hydrogen) atoms. The minimum absolute atomic E-state index is 0.0282. The van der Waals surface area contributed by atoms with Gasteiger partial charge in [0.2, 0.25) is 0 Å². The van der Waals surface area contributed by atoms with E-state index in [1.165, 1.54) is 12.1 Å². The lowest BCUT2D eigenvalue weighted by molar-refractivity contribution is 0.0406. The maximum atomic E-state index is 12.0. The lowest BCUT2D eigenvalue weighted by Gasteiger charge is -2.08. The summed E-state index contributed by atoms with van der Waals surface area (Å²) in [5.74, 6) is -0.748. The fourth-order valence-corrected chi connectivity index (χ4v) is 2.75. The molecule has 1 N–H and O–H groups in total. The zero-order chi connectivity index (χ0) is 15.5. The zero-order valence-electron chi connectivity index (χ0n) is 11.0. The van der Waals surface area contributed by atoms with Gasteiger partial charge in [0.15, 0.2) is 0 Å². The summed E-state index contributed by atoms with van der Waals surface area (Å²) in [4.78, 5) is 18.4. The number of nitrogens with one attached hydrogen (secondary N) is 1. The monoisotopic (exact) mass is 417 g/mol. The largest absolute Gasteiger partial charge is 0.358 e. The summed E-state index contributed by atoms with van der Waals surface area (Å²) in [7, 11) is -3.89. The van der Waals surface area contributed by atoms with Crippen molar-refractivity contribution in [3.63, 3.8) is 0 Å². The summed E-state index contributed by atoms with van der Waals surface area (Å²) in [6.07, 6.45) is 0. The maximum absolute atomic E-state index is 12.0. The Morgan fingerprint density at radius 3 is 2.33 bits per heavy atom. The molecular weight excluding hydrogens is 405 g/mol. The van der Waals surface area contributed by atoms with Gasteiger partial charge in [-0.3, -0.25) is 0 Å². The third-order valence-corrected chi connectivity index (χ3v) is 4.65. The fourth-order valence-electron chi connectivity index (χ4n) is 1.61. The molecule has 0 bridgehead atoms. The van der Waals surface area contributed by atoms with Gasteiger partial charge >= 0.3 is 5.97 Å². The normalized spacial score (nSPS) is 11.1. The summed E-state index contributed by atoms with van der Waals surface area (Å²) >= 11 is 2.07. The molecule has 0 aliphatic heterocycles. The van der Waals surface area contributed by atoms with Gasteiger partial charge in [0.1, 0.15) is 0 Å². The summed E-state index contributed by atoms with van der Waals surface area (Å²) < 4.78 is 24.9. The van der Waals surface area contributed by atoms with E-state index in [4.69, 9.17) is 0 Å². The Balaban J connectivity index is 2.10. The third-order valence-electron chi connectivity index (χ3n) is 2.73. The molecule has 0 aliphatic carbocycles. The highest BCUT2D eigenvalue weighted by Crippen LogP contribution is 2.13. The maximum Gasteiger partial charge on any atom is 0.358 e. The Labute approximate surface area is 136 Å². The van der Waals surface area contributed by atoms with Crippen LogP contribution in [-0.4, -0.2) is 14.4 Å². The molecule has 0 atom stereocenters. The van der Waals surface area contributed by atoms with Crippen LogP contribution < -0.4 is 4.89 Å². The first-order valence-corrected chi connectivity index (χ1v) is 8.50. The zero-order valence-corrected chi connectivity index (χ0v) is 14.0. The van der Waals surface area contributed by atoms with Crippen molar-refractivity contribution in [1.82, 2.24) is 4.89 Å². The molecule has 0 amide bonds. The Morgan fingerprint density at radius 1 is 1.10 bits per heavy atom. The Hall–Kier alpha value is -1.45. The topological polar surface area (TPSA) is 72.5 Å². The predicted octanol–water partition coefficient (Wildman–Crippen LogP) is 2.65. The van der Waals surface area contributed by atoms with Crippen molar-refractivity contribution >= 4 is 38.6 Å². The quantitative estimate of drug-likeness (QED) is 0.614. The first-order valence-electron chi connectivity index (χ1n) is 5.94. The van der Waals surface area contributed by atoms with Crippen LogP contribution in [0, 0.1) is 10.5 Å². The van der Waals surface area contributed by atoms with E-state index in [1.54, 1.807) is 43.3 Å². The average Bonchev–Trinajstić information content (AvgIpc) is 2.46. The van der Waals surface area contributed by atoms with E-state index in [9.17, 15) is 13.2 Å². The van der Waals surface area contributed by atoms with E-state index in [2.05, 4.69) is 27.4 Å². The van der Waals surface area contributed by atoms with Crippen molar-refractivity contribution in [3.05, 3.63) is 63.2 Å². The SMILES string of the molecule is Cc1ccccc1C(=O)ONS(=O)(=O)c1ccc(I)cc1. The number of carbonyl (C=O) groups excluding carboxylic acids is 1. The van der Waals surface area contributed by atoms with Crippen LogP contribution in [0.2, 0.25) is 0 Å². The van der Waals surface area contributed by atoms with Gasteiger partial charge in [0.25, 0.3) is 10.0 Å². The summed E-state index contributed by atoms with van der Waals surface area (Å²) in [6, 6.07) is 12.9. The number of hydrogen-bond donors (Lipinski definition) is 1. The van der Waals surface area contributed by atoms with E-state index in [0.29, 0.717) is 11.1 Å². The van der Waals surface area contributed by atoms with Crippen LogP contribution in [-0.2, 0) is 14.9 Å². The number of benzene rings is 2. The van der Waals surface area contributed by atoms with E-state index >= 15 is 0 Å². The average molecular weight is 417 g/mol. The highest BCUT2D eigenvalue weighted by atomic mass is 127. The van der Waals surface area contributed by atoms with Gasteiger partial charge in [0, 0.05) is 3.57 Å². The highest BCUT2D eigenvalue weighted by molar-refractivity contribution is 14.1. The van der Waals surface area contributed by atoms with Gasteiger partial charge in [-0.15, -0.1) is 0 Å². The van der Waals surface area contributed by atoms with Crippen LogP contribution in [0.3, 0.4) is 0 Å². The number of hydrogen-bond acceptors (Lipinski definition) is 4. The number of aryl methyl sites for hydroxylation is 1. The van der Waals surface area contributed by atoms with Crippen LogP contribution in [0.25, 0.3) is 0 Å². The van der Waals surface area contributed by atoms with Crippen LogP contribution in [0.4, 0.5) is 0 Å². The lowest BCUT2D eigenvalue weighted by atomic mass is 10.1. The first-order chi connectivity index (χ1) is 9.90. The van der Waals surface area contributed by atoms with Crippen LogP contribution in [0.5, 0.6) is 0 Å². The molecule has 7 heteroatoms. The molecule has 0 saturated heterocycles. The van der Waals surface area contributed by atoms with Gasteiger partial charge in [-0.05, 0) is 70.3 Å². The number of halogens is 1. The van der Waals surface area contributed by atoms with Crippen molar-refractivity contribution in [2.45, 2.75) is 11.8 Å². The molecule has 0 unspecified atom stereocenters. The molecule has 0 aliphatic rings. The van der Waals surface area contributed by atoms with E-state index in [0.717, 1.165) is 3.57 Å². The minimum Gasteiger partial charge on any atom is -0.351 e. The second kappa shape index (κ2) is 6.54. The van der Waals surface area contributed by atoms with E-state index in [1.807, 2.05) is 4.89 Å². The number of rotatable bonds is 4. The predicted molar refractivity (Wildman–Crippen MR) is 86.1 cm³/mol. The molecule has 0 spiro atoms. The molecule has 2 aromatic rings. The fraction of sp³-hybridized carbons (Fsp3) is 0.0714. The Kier molecular flexibility index (Phi) is 4.96. The Morgan fingerprint density at radius 2 is 1.71 bits per heavy atom. The Bertz CT molecular complexity index is 757. The smallest absolute Gasteiger partial charge is 0.351 e. The van der Waals surface area contributed by atoms with E-state index < -0.39 is 16.0 Å². The van der Waals surface area contributed by atoms with Crippen molar-refractivity contribution in [1.29, 1.82) is 0 Å².